The minimum absolute atomic E-state index is 0.00820. The summed E-state index contributed by atoms with van der Waals surface area (Å²) < 4.78 is 24.4. The molecule has 4 nitrogen and oxygen atoms in total. The number of halogens is 1. The Balaban J connectivity index is 2.23. The SMILES string of the molecule is CCC(N)C(c1cc(Br)cs1)N(C)C1CCS(=O)(=O)C1. The highest BCUT2D eigenvalue weighted by Gasteiger charge is 2.36. The number of likely N-dealkylation sites (N-methyl/N-ethyl adjacent to an activating group) is 1. The van der Waals surface area contributed by atoms with Crippen LogP contribution in [0.3, 0.4) is 0 Å². The van der Waals surface area contributed by atoms with Gasteiger partial charge in [0.05, 0.1) is 17.5 Å². The van der Waals surface area contributed by atoms with Crippen molar-refractivity contribution in [2.45, 2.75) is 37.9 Å². The Labute approximate surface area is 133 Å². The van der Waals surface area contributed by atoms with Gasteiger partial charge in [-0.25, -0.2) is 8.42 Å². The highest BCUT2D eigenvalue weighted by molar-refractivity contribution is 9.10. The number of thiophene rings is 1. The lowest BCUT2D eigenvalue weighted by Gasteiger charge is -2.35. The molecule has 1 fully saturated rings. The van der Waals surface area contributed by atoms with Crippen molar-refractivity contribution < 1.29 is 8.42 Å². The van der Waals surface area contributed by atoms with Gasteiger partial charge in [-0.05, 0) is 41.9 Å². The van der Waals surface area contributed by atoms with E-state index in [1.165, 1.54) is 4.88 Å². The number of nitrogens with two attached hydrogens (primary N) is 1. The maximum Gasteiger partial charge on any atom is 0.151 e. The third-order valence-electron chi connectivity index (χ3n) is 3.98. The van der Waals surface area contributed by atoms with Gasteiger partial charge in [0.25, 0.3) is 0 Å². The largest absolute Gasteiger partial charge is 0.326 e. The number of rotatable bonds is 5. The Kier molecular flexibility index (Phi) is 5.29. The monoisotopic (exact) mass is 380 g/mol. The van der Waals surface area contributed by atoms with Gasteiger partial charge in [-0.1, -0.05) is 6.92 Å². The van der Waals surface area contributed by atoms with Crippen molar-refractivity contribution >= 4 is 37.1 Å². The smallest absolute Gasteiger partial charge is 0.151 e. The summed E-state index contributed by atoms with van der Waals surface area (Å²) in [7, 11) is -0.872. The van der Waals surface area contributed by atoms with Gasteiger partial charge < -0.3 is 5.73 Å². The second kappa shape index (κ2) is 6.44. The molecular formula is C13H21BrN2O2S2. The first kappa shape index (κ1) is 16.4. The number of sulfone groups is 1. The molecule has 0 bridgehead atoms. The lowest BCUT2D eigenvalue weighted by atomic mass is 10.0. The zero-order chi connectivity index (χ0) is 14.9. The first-order valence-electron chi connectivity index (χ1n) is 6.76. The predicted octanol–water partition coefficient (Wildman–Crippen LogP) is 2.41. The van der Waals surface area contributed by atoms with Gasteiger partial charge in [0.1, 0.15) is 0 Å². The molecule has 0 aliphatic carbocycles. The lowest BCUT2D eigenvalue weighted by molar-refractivity contribution is 0.164. The minimum atomic E-state index is -2.87. The summed E-state index contributed by atoms with van der Waals surface area (Å²) in [4.78, 5) is 3.36. The topological polar surface area (TPSA) is 63.4 Å². The van der Waals surface area contributed by atoms with Crippen LogP contribution in [-0.4, -0.2) is 44.0 Å². The molecule has 1 aliphatic rings. The molecule has 3 unspecified atom stereocenters. The van der Waals surface area contributed by atoms with E-state index in [-0.39, 0.29) is 23.9 Å². The summed E-state index contributed by atoms with van der Waals surface area (Å²) in [5, 5.41) is 2.05. The minimum Gasteiger partial charge on any atom is -0.326 e. The Morgan fingerprint density at radius 2 is 2.30 bits per heavy atom. The van der Waals surface area contributed by atoms with Crippen LogP contribution in [0.5, 0.6) is 0 Å². The predicted molar refractivity (Wildman–Crippen MR) is 87.8 cm³/mol. The molecule has 0 radical (unpaired) electrons. The fourth-order valence-corrected chi connectivity index (χ4v) is 6.20. The molecule has 20 heavy (non-hydrogen) atoms. The first-order chi connectivity index (χ1) is 9.34. The molecule has 2 N–H and O–H groups in total. The van der Waals surface area contributed by atoms with E-state index in [2.05, 4.69) is 33.8 Å². The zero-order valence-electron chi connectivity index (χ0n) is 11.8. The molecule has 0 amide bonds. The van der Waals surface area contributed by atoms with Gasteiger partial charge >= 0.3 is 0 Å². The van der Waals surface area contributed by atoms with Crippen LogP contribution in [-0.2, 0) is 9.84 Å². The van der Waals surface area contributed by atoms with Crippen LogP contribution in [0.25, 0.3) is 0 Å². The fraction of sp³-hybridized carbons (Fsp3) is 0.692. The van der Waals surface area contributed by atoms with Gasteiger partial charge in [0.15, 0.2) is 9.84 Å². The van der Waals surface area contributed by atoms with E-state index < -0.39 is 9.84 Å². The zero-order valence-corrected chi connectivity index (χ0v) is 15.0. The van der Waals surface area contributed by atoms with Crippen molar-refractivity contribution in [2.75, 3.05) is 18.6 Å². The van der Waals surface area contributed by atoms with Crippen molar-refractivity contribution in [2.24, 2.45) is 5.73 Å². The molecule has 1 aliphatic heterocycles. The Hall–Kier alpha value is 0.0500. The molecule has 3 atom stereocenters. The first-order valence-corrected chi connectivity index (χ1v) is 10.3. The number of hydrogen-bond acceptors (Lipinski definition) is 5. The standard InChI is InChI=1S/C13H21BrN2O2S2/c1-3-11(15)13(12-6-9(14)7-19-12)16(2)10-4-5-20(17,18)8-10/h6-7,10-11,13H,3-5,8,15H2,1-2H3. The van der Waals surface area contributed by atoms with Crippen molar-refractivity contribution in [1.29, 1.82) is 0 Å². The summed E-state index contributed by atoms with van der Waals surface area (Å²) in [6, 6.07) is 2.25. The Bertz CT molecular complexity index is 558. The third kappa shape index (κ3) is 3.62. The Morgan fingerprint density at radius 3 is 2.75 bits per heavy atom. The molecular weight excluding hydrogens is 360 g/mol. The highest BCUT2D eigenvalue weighted by atomic mass is 79.9. The molecule has 0 aromatic carbocycles. The van der Waals surface area contributed by atoms with E-state index in [1.54, 1.807) is 11.3 Å². The third-order valence-corrected chi connectivity index (χ3v) is 7.49. The normalized spacial score (nSPS) is 24.9. The van der Waals surface area contributed by atoms with E-state index in [9.17, 15) is 8.42 Å². The van der Waals surface area contributed by atoms with Crippen LogP contribution in [0.4, 0.5) is 0 Å². The van der Waals surface area contributed by atoms with Crippen molar-refractivity contribution in [3.05, 3.63) is 20.8 Å². The molecule has 7 heteroatoms. The molecule has 1 saturated heterocycles. The summed E-state index contributed by atoms with van der Waals surface area (Å²) in [5.41, 5.74) is 6.29. The molecule has 2 rings (SSSR count). The van der Waals surface area contributed by atoms with Crippen LogP contribution in [0.1, 0.15) is 30.7 Å². The van der Waals surface area contributed by atoms with Gasteiger partial charge in [0.2, 0.25) is 0 Å². The molecule has 2 heterocycles. The van der Waals surface area contributed by atoms with Crippen LogP contribution < -0.4 is 5.73 Å². The van der Waals surface area contributed by atoms with E-state index in [4.69, 9.17) is 5.73 Å². The summed E-state index contributed by atoms with van der Waals surface area (Å²) in [6.07, 6.45) is 1.57. The van der Waals surface area contributed by atoms with E-state index in [0.717, 1.165) is 10.9 Å². The second-order valence-corrected chi connectivity index (χ2v) is 9.49. The average molecular weight is 381 g/mol. The maximum absolute atomic E-state index is 11.7. The number of nitrogens with zero attached hydrogens (tertiary/aromatic N) is 1. The van der Waals surface area contributed by atoms with Crippen LogP contribution in [0.2, 0.25) is 0 Å². The maximum atomic E-state index is 11.7. The van der Waals surface area contributed by atoms with Crippen LogP contribution in [0.15, 0.2) is 15.9 Å². The molecule has 114 valence electrons. The summed E-state index contributed by atoms with van der Waals surface area (Å²) in [6.45, 7) is 2.07. The number of hydrogen-bond donors (Lipinski definition) is 1. The summed E-state index contributed by atoms with van der Waals surface area (Å²) >= 11 is 5.15. The van der Waals surface area contributed by atoms with Crippen LogP contribution >= 0.6 is 27.3 Å². The fourth-order valence-electron chi connectivity index (χ4n) is 2.74. The van der Waals surface area contributed by atoms with Gasteiger partial charge in [-0.15, -0.1) is 11.3 Å². The van der Waals surface area contributed by atoms with Crippen LogP contribution in [0, 0.1) is 0 Å². The van der Waals surface area contributed by atoms with Gasteiger partial charge in [-0.3, -0.25) is 4.90 Å². The molecule has 1 aromatic heterocycles. The summed E-state index contributed by atoms with van der Waals surface area (Å²) in [5.74, 6) is 0.549. The lowest BCUT2D eigenvalue weighted by Crippen LogP contribution is -2.44. The van der Waals surface area contributed by atoms with Crippen molar-refractivity contribution in [3.63, 3.8) is 0 Å². The van der Waals surface area contributed by atoms with Crippen molar-refractivity contribution in [1.82, 2.24) is 4.90 Å². The Morgan fingerprint density at radius 1 is 1.60 bits per heavy atom. The molecule has 0 saturated carbocycles. The van der Waals surface area contributed by atoms with E-state index >= 15 is 0 Å². The quantitative estimate of drug-likeness (QED) is 0.851. The van der Waals surface area contributed by atoms with Gasteiger partial charge in [-0.2, -0.15) is 0 Å². The van der Waals surface area contributed by atoms with E-state index in [1.807, 2.05) is 12.4 Å². The molecule has 1 aromatic rings. The second-order valence-electron chi connectivity index (χ2n) is 5.41. The molecule has 0 spiro atoms. The highest BCUT2D eigenvalue weighted by Crippen LogP contribution is 2.34. The van der Waals surface area contributed by atoms with Crippen molar-refractivity contribution in [3.8, 4) is 0 Å². The average Bonchev–Trinajstić information content (AvgIpc) is 2.95. The van der Waals surface area contributed by atoms with Gasteiger partial charge in [0, 0.05) is 26.8 Å². The van der Waals surface area contributed by atoms with E-state index in [0.29, 0.717) is 12.2 Å².